The molecule has 0 bridgehead atoms. The van der Waals surface area contributed by atoms with E-state index in [0.29, 0.717) is 19.4 Å². The highest BCUT2D eigenvalue weighted by atomic mass is 32.2. The Morgan fingerprint density at radius 1 is 1.26 bits per heavy atom. The van der Waals surface area contributed by atoms with Crippen LogP contribution >= 0.6 is 0 Å². The van der Waals surface area contributed by atoms with Crippen molar-refractivity contribution in [3.8, 4) is 0 Å². The summed E-state index contributed by atoms with van der Waals surface area (Å²) in [7, 11) is -3.80. The van der Waals surface area contributed by atoms with Crippen LogP contribution in [0.5, 0.6) is 0 Å². The van der Waals surface area contributed by atoms with Crippen LogP contribution < -0.4 is 5.73 Å². The van der Waals surface area contributed by atoms with Gasteiger partial charge in [0.2, 0.25) is 0 Å². The Morgan fingerprint density at radius 2 is 1.89 bits per heavy atom. The van der Waals surface area contributed by atoms with E-state index in [1.165, 1.54) is 0 Å². The molecule has 0 radical (unpaired) electrons. The highest BCUT2D eigenvalue weighted by Gasteiger charge is 2.22. The number of rotatable bonds is 6. The molecule has 0 heterocycles. The summed E-state index contributed by atoms with van der Waals surface area (Å²) in [5.74, 6) is -1.89. The molecule has 1 rings (SSSR count). The summed E-state index contributed by atoms with van der Waals surface area (Å²) in [6, 6.07) is 2.44. The molecule has 0 aliphatic carbocycles. The van der Waals surface area contributed by atoms with Gasteiger partial charge in [0.25, 0.3) is 0 Å². The molecule has 0 fully saturated rings. The van der Waals surface area contributed by atoms with Crippen molar-refractivity contribution in [1.29, 1.82) is 0 Å². The number of hydrogen-bond donors (Lipinski definition) is 1. The number of halogens is 2. The van der Waals surface area contributed by atoms with Crippen molar-refractivity contribution >= 4 is 9.84 Å². The van der Waals surface area contributed by atoms with Gasteiger partial charge in [-0.05, 0) is 43.0 Å². The lowest BCUT2D eigenvalue weighted by Crippen LogP contribution is -2.24. The predicted octanol–water partition coefficient (Wildman–Crippen LogP) is 2.50. The van der Waals surface area contributed by atoms with E-state index in [1.54, 1.807) is 0 Å². The van der Waals surface area contributed by atoms with E-state index in [1.807, 2.05) is 13.8 Å². The van der Waals surface area contributed by atoms with Crippen molar-refractivity contribution in [2.45, 2.75) is 31.6 Å². The summed E-state index contributed by atoms with van der Waals surface area (Å²) in [6.07, 6.45) is 0.974. The van der Waals surface area contributed by atoms with Crippen LogP contribution in [0.4, 0.5) is 8.78 Å². The normalized spacial score (nSPS) is 12.7. The first-order valence-electron chi connectivity index (χ1n) is 6.06. The summed E-state index contributed by atoms with van der Waals surface area (Å²) in [4.78, 5) is -0.571. The molecule has 0 aromatic heterocycles. The molecular formula is C13H19F2NO2S. The maximum Gasteiger partial charge on any atom is 0.181 e. The summed E-state index contributed by atoms with van der Waals surface area (Å²) in [5, 5.41) is 0. The lowest BCUT2D eigenvalue weighted by molar-refractivity contribution is 0.344. The SMILES string of the molecule is CC(C)(CN)CCCS(=O)(=O)c1cc(F)ccc1F. The molecule has 0 spiro atoms. The molecule has 0 saturated heterocycles. The molecule has 0 atom stereocenters. The zero-order valence-electron chi connectivity index (χ0n) is 11.1. The third-order valence-electron chi connectivity index (χ3n) is 3.05. The minimum atomic E-state index is -3.80. The summed E-state index contributed by atoms with van der Waals surface area (Å²) in [5.41, 5.74) is 5.40. The fourth-order valence-electron chi connectivity index (χ4n) is 1.67. The Morgan fingerprint density at radius 3 is 2.47 bits per heavy atom. The van der Waals surface area contributed by atoms with Gasteiger partial charge < -0.3 is 5.73 Å². The maximum absolute atomic E-state index is 13.4. The van der Waals surface area contributed by atoms with Gasteiger partial charge >= 0.3 is 0 Å². The molecular weight excluding hydrogens is 272 g/mol. The Bertz CT molecular complexity index is 542. The standard InChI is InChI=1S/C13H19F2NO2S/c1-13(2,9-16)6-3-7-19(17,18)12-8-10(14)4-5-11(12)15/h4-5,8H,3,6-7,9,16H2,1-2H3. The van der Waals surface area contributed by atoms with E-state index in [0.717, 1.165) is 18.2 Å². The van der Waals surface area contributed by atoms with Crippen molar-refractivity contribution in [2.24, 2.45) is 11.1 Å². The summed E-state index contributed by atoms with van der Waals surface area (Å²) >= 11 is 0. The molecule has 2 N–H and O–H groups in total. The van der Waals surface area contributed by atoms with Crippen LogP contribution in [0, 0.1) is 17.0 Å². The average Bonchev–Trinajstić information content (AvgIpc) is 2.31. The van der Waals surface area contributed by atoms with Crippen molar-refractivity contribution in [1.82, 2.24) is 0 Å². The first-order chi connectivity index (χ1) is 8.68. The van der Waals surface area contributed by atoms with Gasteiger partial charge in [0.05, 0.1) is 5.75 Å². The number of hydrogen-bond acceptors (Lipinski definition) is 3. The molecule has 0 aliphatic heterocycles. The fraction of sp³-hybridized carbons (Fsp3) is 0.538. The van der Waals surface area contributed by atoms with E-state index in [2.05, 4.69) is 0 Å². The molecule has 108 valence electrons. The van der Waals surface area contributed by atoms with Crippen LogP contribution in [0.1, 0.15) is 26.7 Å². The Balaban J connectivity index is 2.79. The Kier molecular flexibility index (Phi) is 5.04. The summed E-state index contributed by atoms with van der Waals surface area (Å²) in [6.45, 7) is 4.31. The smallest absolute Gasteiger partial charge is 0.181 e. The maximum atomic E-state index is 13.4. The zero-order chi connectivity index (χ0) is 14.7. The van der Waals surface area contributed by atoms with E-state index in [-0.39, 0.29) is 11.2 Å². The number of benzene rings is 1. The molecule has 19 heavy (non-hydrogen) atoms. The van der Waals surface area contributed by atoms with Gasteiger partial charge in [0, 0.05) is 0 Å². The van der Waals surface area contributed by atoms with Gasteiger partial charge in [-0.3, -0.25) is 0 Å². The van der Waals surface area contributed by atoms with Crippen LogP contribution in [-0.4, -0.2) is 20.7 Å². The lowest BCUT2D eigenvalue weighted by atomic mass is 9.88. The minimum absolute atomic E-state index is 0.157. The van der Waals surface area contributed by atoms with Crippen LogP contribution in [0.15, 0.2) is 23.1 Å². The number of nitrogens with two attached hydrogens (primary N) is 1. The monoisotopic (exact) mass is 291 g/mol. The topological polar surface area (TPSA) is 60.2 Å². The minimum Gasteiger partial charge on any atom is -0.330 e. The quantitative estimate of drug-likeness (QED) is 0.876. The summed E-state index contributed by atoms with van der Waals surface area (Å²) < 4.78 is 50.3. The van der Waals surface area contributed by atoms with E-state index in [9.17, 15) is 17.2 Å². The average molecular weight is 291 g/mol. The second kappa shape index (κ2) is 5.96. The predicted molar refractivity (Wildman–Crippen MR) is 70.5 cm³/mol. The third-order valence-corrected chi connectivity index (χ3v) is 4.86. The molecule has 0 amide bonds. The first-order valence-corrected chi connectivity index (χ1v) is 7.71. The van der Waals surface area contributed by atoms with E-state index < -0.39 is 26.4 Å². The number of sulfone groups is 1. The largest absolute Gasteiger partial charge is 0.330 e. The van der Waals surface area contributed by atoms with E-state index >= 15 is 0 Å². The van der Waals surface area contributed by atoms with Crippen molar-refractivity contribution in [3.63, 3.8) is 0 Å². The van der Waals surface area contributed by atoms with Gasteiger partial charge in [-0.25, -0.2) is 17.2 Å². The van der Waals surface area contributed by atoms with Crippen LogP contribution in [0.25, 0.3) is 0 Å². The second-order valence-corrected chi connectivity index (χ2v) is 7.44. The Labute approximate surface area is 112 Å². The van der Waals surface area contributed by atoms with Gasteiger partial charge in [-0.15, -0.1) is 0 Å². The molecule has 0 unspecified atom stereocenters. The van der Waals surface area contributed by atoms with Gasteiger partial charge in [0.1, 0.15) is 16.5 Å². The third kappa shape index (κ3) is 4.54. The molecule has 3 nitrogen and oxygen atoms in total. The molecule has 0 aliphatic rings. The van der Waals surface area contributed by atoms with Gasteiger partial charge in [0.15, 0.2) is 9.84 Å². The second-order valence-electron chi connectivity index (χ2n) is 5.37. The Hall–Kier alpha value is -1.01. The van der Waals surface area contributed by atoms with Crippen molar-refractivity contribution < 1.29 is 17.2 Å². The van der Waals surface area contributed by atoms with Gasteiger partial charge in [-0.2, -0.15) is 0 Å². The first kappa shape index (κ1) is 16.0. The molecule has 1 aromatic rings. The van der Waals surface area contributed by atoms with E-state index in [4.69, 9.17) is 5.73 Å². The van der Waals surface area contributed by atoms with Crippen LogP contribution in [0.3, 0.4) is 0 Å². The molecule has 6 heteroatoms. The van der Waals surface area contributed by atoms with Crippen molar-refractivity contribution in [3.05, 3.63) is 29.8 Å². The fourth-order valence-corrected chi connectivity index (χ4v) is 3.07. The molecule has 0 saturated carbocycles. The molecule has 1 aromatic carbocycles. The van der Waals surface area contributed by atoms with Crippen molar-refractivity contribution in [2.75, 3.05) is 12.3 Å². The van der Waals surface area contributed by atoms with Crippen LogP contribution in [0.2, 0.25) is 0 Å². The van der Waals surface area contributed by atoms with Crippen LogP contribution in [-0.2, 0) is 9.84 Å². The highest BCUT2D eigenvalue weighted by molar-refractivity contribution is 7.91. The lowest BCUT2D eigenvalue weighted by Gasteiger charge is -2.21. The zero-order valence-corrected chi connectivity index (χ0v) is 11.9. The highest BCUT2D eigenvalue weighted by Crippen LogP contribution is 2.23. The van der Waals surface area contributed by atoms with Gasteiger partial charge in [-0.1, -0.05) is 13.8 Å².